The molecule has 6 nitrogen and oxygen atoms in total. The minimum atomic E-state index is -1.26. The van der Waals surface area contributed by atoms with Crippen LogP contribution in [0.2, 0.25) is 0 Å². The number of carbonyl (C=O) groups excluding carboxylic acids is 1. The van der Waals surface area contributed by atoms with Crippen molar-refractivity contribution < 1.29 is 25.2 Å². The highest BCUT2D eigenvalue weighted by Gasteiger charge is 2.28. The Balaban J connectivity index is 3.54. The second-order valence-corrected chi connectivity index (χ2v) is 19.3. The maximum Gasteiger partial charge on any atom is 0.249 e. The summed E-state index contributed by atoms with van der Waals surface area (Å²) in [5, 5.41) is 43.9. The number of aliphatic hydroxyl groups is 4. The zero-order chi connectivity index (χ0) is 44.5. The largest absolute Gasteiger partial charge is 0.394 e. The summed E-state index contributed by atoms with van der Waals surface area (Å²) in [6, 6.07) is -0.985. The summed E-state index contributed by atoms with van der Waals surface area (Å²) in [6.07, 6.45) is 58.6. The highest BCUT2D eigenvalue weighted by molar-refractivity contribution is 5.80. The summed E-state index contributed by atoms with van der Waals surface area (Å²) < 4.78 is 0. The molecule has 1 amide bonds. The van der Waals surface area contributed by atoms with Crippen LogP contribution in [0.25, 0.3) is 0 Å². The van der Waals surface area contributed by atoms with Crippen LogP contribution in [0.3, 0.4) is 0 Å². The molecule has 0 heterocycles. The molecule has 0 aromatic rings. The molecule has 6 heteroatoms. The fraction of sp³-hybridized carbons (Fsp3) is 0.945. The van der Waals surface area contributed by atoms with Crippen LogP contribution in [0, 0.1) is 0 Å². The van der Waals surface area contributed by atoms with Gasteiger partial charge in [-0.25, -0.2) is 0 Å². The molecule has 0 aliphatic rings. The van der Waals surface area contributed by atoms with E-state index in [9.17, 15) is 25.2 Å². The predicted octanol–water partition coefficient (Wildman–Crippen LogP) is 15.7. The first-order chi connectivity index (χ1) is 30.0. The van der Waals surface area contributed by atoms with Crippen molar-refractivity contribution in [2.24, 2.45) is 0 Å². The lowest BCUT2D eigenvalue weighted by atomic mass is 9.99. The summed E-state index contributed by atoms with van der Waals surface area (Å²) in [5.41, 5.74) is 0. The van der Waals surface area contributed by atoms with Gasteiger partial charge in [0.05, 0.1) is 18.8 Å². The van der Waals surface area contributed by atoms with Gasteiger partial charge in [0.2, 0.25) is 5.91 Å². The van der Waals surface area contributed by atoms with Crippen molar-refractivity contribution in [3.05, 3.63) is 12.2 Å². The quantitative estimate of drug-likeness (QED) is 0.0309. The minimum Gasteiger partial charge on any atom is -0.394 e. The number of aliphatic hydroxyl groups excluding tert-OH is 4. The molecule has 0 aliphatic heterocycles. The van der Waals surface area contributed by atoms with Gasteiger partial charge in [0.15, 0.2) is 0 Å². The molecule has 0 aliphatic carbocycles. The van der Waals surface area contributed by atoms with Gasteiger partial charge in [-0.2, -0.15) is 0 Å². The molecule has 0 saturated heterocycles. The van der Waals surface area contributed by atoms with Crippen molar-refractivity contribution in [3.63, 3.8) is 0 Å². The third-order valence-corrected chi connectivity index (χ3v) is 13.2. The number of unbranched alkanes of at least 4 members (excludes halogenated alkanes) is 40. The fourth-order valence-corrected chi connectivity index (χ4v) is 8.87. The Kier molecular flexibility index (Phi) is 49.3. The monoisotopic (exact) mass is 864 g/mol. The third kappa shape index (κ3) is 44.1. The van der Waals surface area contributed by atoms with E-state index in [1.807, 2.05) is 0 Å². The molecule has 0 rings (SSSR count). The van der Waals surface area contributed by atoms with Crippen LogP contribution >= 0.6 is 0 Å². The third-order valence-electron chi connectivity index (χ3n) is 13.2. The van der Waals surface area contributed by atoms with E-state index in [-0.39, 0.29) is 0 Å². The van der Waals surface area contributed by atoms with Gasteiger partial charge in [0.1, 0.15) is 12.2 Å². The van der Waals surface area contributed by atoms with E-state index in [0.29, 0.717) is 12.8 Å². The molecule has 0 radical (unpaired) electrons. The zero-order valence-corrected chi connectivity index (χ0v) is 41.2. The van der Waals surface area contributed by atoms with Gasteiger partial charge in [-0.15, -0.1) is 0 Å². The molecule has 61 heavy (non-hydrogen) atoms. The van der Waals surface area contributed by atoms with E-state index >= 15 is 0 Å². The Bertz CT molecular complexity index is 882. The van der Waals surface area contributed by atoms with Gasteiger partial charge >= 0.3 is 0 Å². The highest BCUT2D eigenvalue weighted by atomic mass is 16.3. The van der Waals surface area contributed by atoms with Crippen LogP contribution in [-0.2, 0) is 4.79 Å². The average Bonchev–Trinajstić information content (AvgIpc) is 3.26. The second kappa shape index (κ2) is 50.1. The van der Waals surface area contributed by atoms with Gasteiger partial charge < -0.3 is 25.7 Å². The molecule has 5 N–H and O–H groups in total. The Morgan fingerprint density at radius 1 is 0.393 bits per heavy atom. The van der Waals surface area contributed by atoms with Gasteiger partial charge in [0, 0.05) is 0 Å². The summed E-state index contributed by atoms with van der Waals surface area (Å²) >= 11 is 0. The van der Waals surface area contributed by atoms with Crippen molar-refractivity contribution in [2.45, 2.75) is 327 Å². The van der Waals surface area contributed by atoms with Crippen molar-refractivity contribution in [1.82, 2.24) is 5.32 Å². The summed E-state index contributed by atoms with van der Waals surface area (Å²) in [4.78, 5) is 12.5. The molecular weight excluding hydrogens is 755 g/mol. The van der Waals surface area contributed by atoms with Crippen molar-refractivity contribution in [1.29, 1.82) is 0 Å². The number of nitrogens with one attached hydrogen (secondary N) is 1. The van der Waals surface area contributed by atoms with E-state index in [0.717, 1.165) is 44.9 Å². The van der Waals surface area contributed by atoms with Crippen LogP contribution in [0.1, 0.15) is 303 Å². The van der Waals surface area contributed by atoms with Crippen LogP contribution < -0.4 is 5.32 Å². The number of amides is 1. The number of carbonyl (C=O) groups is 1. The number of hydrogen-bond donors (Lipinski definition) is 5. The Morgan fingerprint density at radius 3 is 0.967 bits per heavy atom. The first-order valence-electron chi connectivity index (χ1n) is 27.6. The Hall–Kier alpha value is -0.950. The summed E-state index contributed by atoms with van der Waals surface area (Å²) in [7, 11) is 0. The smallest absolute Gasteiger partial charge is 0.249 e. The number of hydrogen-bond acceptors (Lipinski definition) is 5. The van der Waals surface area contributed by atoms with E-state index < -0.39 is 36.9 Å². The maximum atomic E-state index is 12.5. The maximum absolute atomic E-state index is 12.5. The van der Waals surface area contributed by atoms with Gasteiger partial charge in [0.25, 0.3) is 0 Å². The van der Waals surface area contributed by atoms with Crippen molar-refractivity contribution >= 4 is 5.91 Å². The van der Waals surface area contributed by atoms with Crippen molar-refractivity contribution in [3.8, 4) is 0 Å². The number of rotatable bonds is 51. The normalized spacial score (nSPS) is 13.9. The molecule has 0 spiro atoms. The van der Waals surface area contributed by atoms with Crippen molar-refractivity contribution in [2.75, 3.05) is 6.61 Å². The molecule has 0 saturated carbocycles. The van der Waals surface area contributed by atoms with Crippen LogP contribution in [0.5, 0.6) is 0 Å². The predicted molar refractivity (Wildman–Crippen MR) is 265 cm³/mol. The lowest BCUT2D eigenvalue weighted by Gasteiger charge is -2.27. The SMILES string of the molecule is CCCCCC/C=C\CCCCCCCCC(O)C(=O)NC(CO)C(O)C(O)CCCCCCCCCCCCCCCCCCCCCCCCCCCCCCCCC. The lowest BCUT2D eigenvalue weighted by Crippen LogP contribution is -2.53. The molecule has 0 bridgehead atoms. The van der Waals surface area contributed by atoms with Crippen LogP contribution in [0.15, 0.2) is 12.2 Å². The fourth-order valence-electron chi connectivity index (χ4n) is 8.87. The lowest BCUT2D eigenvalue weighted by molar-refractivity contribution is -0.132. The topological polar surface area (TPSA) is 110 Å². The van der Waals surface area contributed by atoms with E-state index in [1.165, 1.54) is 231 Å². The van der Waals surface area contributed by atoms with Crippen LogP contribution in [-0.4, -0.2) is 57.3 Å². The van der Waals surface area contributed by atoms with E-state index in [4.69, 9.17) is 0 Å². The van der Waals surface area contributed by atoms with Gasteiger partial charge in [-0.3, -0.25) is 4.79 Å². The Morgan fingerprint density at radius 2 is 0.656 bits per heavy atom. The molecular formula is C55H109NO5. The van der Waals surface area contributed by atoms with E-state index in [2.05, 4.69) is 31.3 Å². The first-order valence-corrected chi connectivity index (χ1v) is 27.6. The minimum absolute atomic E-state index is 0.364. The molecule has 0 fully saturated rings. The standard InChI is InChI=1S/C55H109NO5/c1-3-5-7-9-11-13-15-17-19-20-21-22-23-24-25-26-27-28-29-30-31-32-33-34-35-37-38-40-42-44-46-48-52(58)54(60)51(50-57)56-55(61)53(59)49-47-45-43-41-39-36-18-16-14-12-10-8-6-4-2/h14,16,51-54,57-60H,3-13,15,17-50H2,1-2H3,(H,56,61)/b16-14-. The average molecular weight is 864 g/mol. The highest BCUT2D eigenvalue weighted by Crippen LogP contribution is 2.18. The molecule has 4 unspecified atom stereocenters. The van der Waals surface area contributed by atoms with E-state index in [1.54, 1.807) is 0 Å². The first kappa shape index (κ1) is 60.1. The van der Waals surface area contributed by atoms with Gasteiger partial charge in [-0.1, -0.05) is 276 Å². The molecule has 4 atom stereocenters. The molecule has 0 aromatic carbocycles. The van der Waals surface area contributed by atoms with Gasteiger partial charge in [-0.05, 0) is 38.5 Å². The molecule has 364 valence electrons. The Labute approximate surface area is 381 Å². The second-order valence-electron chi connectivity index (χ2n) is 19.3. The van der Waals surface area contributed by atoms with Crippen LogP contribution in [0.4, 0.5) is 0 Å². The summed E-state index contributed by atoms with van der Waals surface area (Å²) in [5.74, 6) is -0.585. The summed E-state index contributed by atoms with van der Waals surface area (Å²) in [6.45, 7) is 4.06. The number of allylic oxidation sites excluding steroid dienone is 2. The molecule has 0 aromatic heterocycles. The zero-order valence-electron chi connectivity index (χ0n) is 41.2.